The third-order valence-corrected chi connectivity index (χ3v) is 4.72. The van der Waals surface area contributed by atoms with E-state index in [9.17, 15) is 14.4 Å². The molecule has 148 valence electrons. The summed E-state index contributed by atoms with van der Waals surface area (Å²) in [5.41, 5.74) is 6.65. The number of piperidine rings is 1. The van der Waals surface area contributed by atoms with Crippen LogP contribution in [0, 0.1) is 5.92 Å². The molecule has 2 rings (SSSR count). The highest BCUT2D eigenvalue weighted by atomic mass is 16.2. The Bertz CT molecular complexity index is 658. The highest BCUT2D eigenvalue weighted by Crippen LogP contribution is 2.20. The summed E-state index contributed by atoms with van der Waals surface area (Å²) in [4.78, 5) is 38.2. The lowest BCUT2D eigenvalue weighted by Gasteiger charge is -2.36. The fourth-order valence-electron chi connectivity index (χ4n) is 3.08. The van der Waals surface area contributed by atoms with Crippen LogP contribution in [0.5, 0.6) is 0 Å². The van der Waals surface area contributed by atoms with Gasteiger partial charge in [-0.2, -0.15) is 0 Å². The molecular weight excluding hydrogens is 344 g/mol. The average molecular weight is 374 g/mol. The largest absolute Gasteiger partial charge is 0.354 e. The average Bonchev–Trinajstić information content (AvgIpc) is 2.67. The number of nitrogens with one attached hydrogen (secondary N) is 2. The first-order chi connectivity index (χ1) is 12.9. The van der Waals surface area contributed by atoms with Crippen LogP contribution in [0.3, 0.4) is 0 Å². The number of nitrogens with two attached hydrogens (primary N) is 1. The topological polar surface area (TPSA) is 105 Å². The van der Waals surface area contributed by atoms with Gasteiger partial charge in [-0.25, -0.2) is 0 Å². The normalized spacial score (nSPS) is 16.9. The molecule has 3 amide bonds. The van der Waals surface area contributed by atoms with Crippen LogP contribution < -0.4 is 16.4 Å². The zero-order valence-corrected chi connectivity index (χ0v) is 16.2. The Morgan fingerprint density at radius 2 is 1.89 bits per heavy atom. The quantitative estimate of drug-likeness (QED) is 0.676. The van der Waals surface area contributed by atoms with Crippen LogP contribution in [0.25, 0.3) is 0 Å². The van der Waals surface area contributed by atoms with Crippen molar-refractivity contribution < 1.29 is 14.4 Å². The van der Waals surface area contributed by atoms with E-state index in [0.29, 0.717) is 37.3 Å². The van der Waals surface area contributed by atoms with Gasteiger partial charge < -0.3 is 21.3 Å². The minimum Gasteiger partial charge on any atom is -0.354 e. The molecule has 27 heavy (non-hydrogen) atoms. The van der Waals surface area contributed by atoms with E-state index in [2.05, 4.69) is 10.6 Å². The maximum Gasteiger partial charge on any atom is 0.254 e. The van der Waals surface area contributed by atoms with Gasteiger partial charge in [0.05, 0.1) is 0 Å². The van der Waals surface area contributed by atoms with Crippen molar-refractivity contribution in [2.75, 3.05) is 25.0 Å². The Balaban J connectivity index is 2.00. The lowest BCUT2D eigenvalue weighted by atomic mass is 10.0. The third-order valence-electron chi connectivity index (χ3n) is 4.72. The first-order valence-electron chi connectivity index (χ1n) is 9.61. The van der Waals surface area contributed by atoms with E-state index in [-0.39, 0.29) is 29.7 Å². The van der Waals surface area contributed by atoms with Gasteiger partial charge in [0, 0.05) is 49.3 Å². The molecule has 7 nitrogen and oxygen atoms in total. The summed E-state index contributed by atoms with van der Waals surface area (Å²) in [5, 5.41) is 5.69. The molecule has 0 saturated carbocycles. The van der Waals surface area contributed by atoms with E-state index in [1.807, 2.05) is 18.7 Å². The highest BCUT2D eigenvalue weighted by Gasteiger charge is 2.27. The third kappa shape index (κ3) is 6.06. The van der Waals surface area contributed by atoms with Crippen molar-refractivity contribution in [1.82, 2.24) is 10.2 Å². The molecular formula is C20H30N4O3. The van der Waals surface area contributed by atoms with Crippen LogP contribution in [0.15, 0.2) is 24.3 Å². The van der Waals surface area contributed by atoms with E-state index in [1.165, 1.54) is 0 Å². The fourth-order valence-corrected chi connectivity index (χ4v) is 3.08. The molecule has 7 heteroatoms. The predicted molar refractivity (Wildman–Crippen MR) is 105 cm³/mol. The molecule has 0 spiro atoms. The lowest BCUT2D eigenvalue weighted by molar-refractivity contribution is -0.121. The summed E-state index contributed by atoms with van der Waals surface area (Å²) in [6, 6.07) is 6.95. The maximum absolute atomic E-state index is 12.9. The Morgan fingerprint density at radius 1 is 1.19 bits per heavy atom. The zero-order valence-electron chi connectivity index (χ0n) is 16.2. The molecule has 0 bridgehead atoms. The number of amides is 3. The smallest absolute Gasteiger partial charge is 0.254 e. The number of benzene rings is 1. The van der Waals surface area contributed by atoms with E-state index >= 15 is 0 Å². The number of nitrogens with zero attached hydrogens (tertiary/aromatic N) is 1. The first-order valence-corrected chi connectivity index (χ1v) is 9.61. The fraction of sp³-hybridized carbons (Fsp3) is 0.550. The van der Waals surface area contributed by atoms with Gasteiger partial charge in [0.2, 0.25) is 11.8 Å². The minimum absolute atomic E-state index is 0.00621. The van der Waals surface area contributed by atoms with Gasteiger partial charge in [-0.1, -0.05) is 13.8 Å². The second-order valence-electron chi connectivity index (χ2n) is 7.21. The van der Waals surface area contributed by atoms with Gasteiger partial charge in [0.25, 0.3) is 5.91 Å². The van der Waals surface area contributed by atoms with Gasteiger partial charge in [-0.05, 0) is 43.5 Å². The molecule has 1 aliphatic rings. The SMILES string of the molecule is CC(C)C(=O)Nc1ccc(C(=O)N2CCCCC2CNC(=O)CCN)cc1. The van der Waals surface area contributed by atoms with Crippen LogP contribution in [0.4, 0.5) is 5.69 Å². The number of anilines is 1. The summed E-state index contributed by atoms with van der Waals surface area (Å²) in [6.07, 6.45) is 3.17. The van der Waals surface area contributed by atoms with Gasteiger partial charge in [0.1, 0.15) is 0 Å². The number of rotatable bonds is 7. The van der Waals surface area contributed by atoms with Crippen LogP contribution >= 0.6 is 0 Å². The van der Waals surface area contributed by atoms with Crippen LogP contribution in [0.1, 0.15) is 49.9 Å². The van der Waals surface area contributed by atoms with Crippen molar-refractivity contribution >= 4 is 23.4 Å². The van der Waals surface area contributed by atoms with Gasteiger partial charge in [-0.3, -0.25) is 14.4 Å². The van der Waals surface area contributed by atoms with Crippen molar-refractivity contribution in [2.45, 2.75) is 45.6 Å². The molecule has 1 aromatic carbocycles. The molecule has 0 aliphatic carbocycles. The van der Waals surface area contributed by atoms with E-state index in [1.54, 1.807) is 24.3 Å². The number of hydrogen-bond acceptors (Lipinski definition) is 4. The summed E-state index contributed by atoms with van der Waals surface area (Å²) < 4.78 is 0. The first kappa shape index (κ1) is 20.9. The second kappa shape index (κ2) is 10.1. The molecule has 0 aromatic heterocycles. The summed E-state index contributed by atoms with van der Waals surface area (Å²) in [6.45, 7) is 5.11. The summed E-state index contributed by atoms with van der Waals surface area (Å²) in [7, 11) is 0. The van der Waals surface area contributed by atoms with Crippen molar-refractivity contribution in [2.24, 2.45) is 11.7 Å². The second-order valence-corrected chi connectivity index (χ2v) is 7.21. The highest BCUT2D eigenvalue weighted by molar-refractivity contribution is 5.96. The van der Waals surface area contributed by atoms with E-state index in [0.717, 1.165) is 19.3 Å². The van der Waals surface area contributed by atoms with Crippen LogP contribution in [-0.2, 0) is 9.59 Å². The van der Waals surface area contributed by atoms with Gasteiger partial charge in [-0.15, -0.1) is 0 Å². The Morgan fingerprint density at radius 3 is 2.52 bits per heavy atom. The van der Waals surface area contributed by atoms with E-state index < -0.39 is 0 Å². The summed E-state index contributed by atoms with van der Waals surface area (Å²) >= 11 is 0. The molecule has 1 atom stereocenters. The number of carbonyl (C=O) groups is 3. The maximum atomic E-state index is 12.9. The standard InChI is InChI=1S/C20H30N4O3/c1-14(2)19(26)23-16-8-6-15(7-9-16)20(27)24-12-4-3-5-17(24)13-22-18(25)10-11-21/h6-9,14,17H,3-5,10-13,21H2,1-2H3,(H,22,25)(H,23,26). The Kier molecular flexibility index (Phi) is 7.79. The molecule has 1 aromatic rings. The lowest BCUT2D eigenvalue weighted by Crippen LogP contribution is -2.49. The van der Waals surface area contributed by atoms with Gasteiger partial charge in [0.15, 0.2) is 0 Å². The number of carbonyl (C=O) groups excluding carboxylic acids is 3. The number of likely N-dealkylation sites (tertiary alicyclic amines) is 1. The molecule has 1 unspecified atom stereocenters. The van der Waals surface area contributed by atoms with Crippen molar-refractivity contribution in [3.05, 3.63) is 29.8 Å². The van der Waals surface area contributed by atoms with Crippen molar-refractivity contribution in [3.63, 3.8) is 0 Å². The molecule has 1 heterocycles. The monoisotopic (exact) mass is 374 g/mol. The molecule has 1 aliphatic heterocycles. The van der Waals surface area contributed by atoms with Gasteiger partial charge >= 0.3 is 0 Å². The van der Waals surface area contributed by atoms with Crippen LogP contribution in [-0.4, -0.2) is 48.3 Å². The Hall–Kier alpha value is -2.41. The summed E-state index contributed by atoms with van der Waals surface area (Å²) in [5.74, 6) is -0.288. The van der Waals surface area contributed by atoms with Crippen molar-refractivity contribution in [3.8, 4) is 0 Å². The number of hydrogen-bond donors (Lipinski definition) is 3. The predicted octanol–water partition coefficient (Wildman–Crippen LogP) is 1.74. The van der Waals surface area contributed by atoms with Crippen molar-refractivity contribution in [1.29, 1.82) is 0 Å². The zero-order chi connectivity index (χ0) is 19.8. The Labute approximate surface area is 160 Å². The molecule has 0 radical (unpaired) electrons. The minimum atomic E-state index is -0.102. The van der Waals surface area contributed by atoms with Crippen LogP contribution in [0.2, 0.25) is 0 Å². The molecule has 1 fully saturated rings. The molecule has 4 N–H and O–H groups in total. The van der Waals surface area contributed by atoms with E-state index in [4.69, 9.17) is 5.73 Å². The molecule has 1 saturated heterocycles.